The SMILES string of the molecule is N=CC(C=NCC1CCOC1)c1cnc(N2CCC(N)CC2)nc1-c1ccc(N)cc1. The van der Waals surface area contributed by atoms with E-state index in [-0.39, 0.29) is 12.0 Å². The Labute approximate surface area is 183 Å². The van der Waals surface area contributed by atoms with Crippen LogP contribution in [0.2, 0.25) is 0 Å². The molecule has 0 saturated carbocycles. The second-order valence-corrected chi connectivity index (χ2v) is 8.36. The number of nitrogens with zero attached hydrogens (tertiary/aromatic N) is 4. The Morgan fingerprint density at radius 1 is 1.23 bits per heavy atom. The Morgan fingerprint density at radius 3 is 2.68 bits per heavy atom. The Bertz CT molecular complexity index is 901. The molecule has 2 aromatic rings. The van der Waals surface area contributed by atoms with E-state index in [1.807, 2.05) is 36.7 Å². The Kier molecular flexibility index (Phi) is 6.89. The van der Waals surface area contributed by atoms with Gasteiger partial charge >= 0.3 is 0 Å². The highest BCUT2D eigenvalue weighted by Gasteiger charge is 2.22. The number of nitrogens with one attached hydrogen (secondary N) is 1. The van der Waals surface area contributed by atoms with Crippen LogP contribution in [0.4, 0.5) is 11.6 Å². The summed E-state index contributed by atoms with van der Waals surface area (Å²) in [4.78, 5) is 16.4. The van der Waals surface area contributed by atoms with Crippen molar-refractivity contribution in [3.8, 4) is 11.3 Å². The molecule has 0 aliphatic carbocycles. The molecule has 0 bridgehead atoms. The van der Waals surface area contributed by atoms with Crippen molar-refractivity contribution in [3.05, 3.63) is 36.0 Å². The first-order valence-electron chi connectivity index (χ1n) is 11.0. The van der Waals surface area contributed by atoms with E-state index in [0.29, 0.717) is 24.1 Å². The number of anilines is 2. The molecule has 2 aliphatic heterocycles. The van der Waals surface area contributed by atoms with Crippen molar-refractivity contribution in [2.24, 2.45) is 16.6 Å². The van der Waals surface area contributed by atoms with Gasteiger partial charge in [0.05, 0.1) is 18.2 Å². The van der Waals surface area contributed by atoms with E-state index in [1.54, 1.807) is 0 Å². The lowest BCUT2D eigenvalue weighted by Gasteiger charge is -2.30. The summed E-state index contributed by atoms with van der Waals surface area (Å²) in [5.74, 6) is 0.869. The zero-order chi connectivity index (χ0) is 21.6. The second-order valence-electron chi connectivity index (χ2n) is 8.36. The number of benzene rings is 1. The Balaban J connectivity index is 1.63. The predicted octanol–water partition coefficient (Wildman–Crippen LogP) is 2.49. The molecular formula is C23H31N7O. The molecule has 0 spiro atoms. The molecule has 2 aliphatic rings. The number of aromatic nitrogens is 2. The second kappa shape index (κ2) is 9.98. The molecule has 3 heterocycles. The van der Waals surface area contributed by atoms with Crippen LogP contribution in [-0.2, 0) is 4.74 Å². The van der Waals surface area contributed by atoms with E-state index < -0.39 is 0 Å². The van der Waals surface area contributed by atoms with Gasteiger partial charge in [0.2, 0.25) is 5.95 Å². The third kappa shape index (κ3) is 5.26. The summed E-state index contributed by atoms with van der Waals surface area (Å²) >= 11 is 0. The monoisotopic (exact) mass is 421 g/mol. The molecule has 2 unspecified atom stereocenters. The molecule has 1 aromatic heterocycles. The van der Waals surface area contributed by atoms with Crippen molar-refractivity contribution < 1.29 is 4.74 Å². The first-order chi connectivity index (χ1) is 15.1. The quantitative estimate of drug-likeness (QED) is 0.466. The number of hydrogen-bond donors (Lipinski definition) is 3. The van der Waals surface area contributed by atoms with Gasteiger partial charge in [-0.1, -0.05) is 12.1 Å². The minimum absolute atomic E-state index is 0.246. The van der Waals surface area contributed by atoms with E-state index in [2.05, 4.69) is 14.9 Å². The van der Waals surface area contributed by atoms with Gasteiger partial charge in [0.1, 0.15) is 0 Å². The summed E-state index contributed by atoms with van der Waals surface area (Å²) in [5, 5.41) is 8.01. The van der Waals surface area contributed by atoms with Crippen molar-refractivity contribution in [1.29, 1.82) is 5.41 Å². The third-order valence-corrected chi connectivity index (χ3v) is 6.00. The highest BCUT2D eigenvalue weighted by atomic mass is 16.5. The lowest BCUT2D eigenvalue weighted by molar-refractivity contribution is 0.187. The van der Waals surface area contributed by atoms with Crippen LogP contribution >= 0.6 is 0 Å². The number of piperidine rings is 1. The topological polar surface area (TPSA) is 126 Å². The molecule has 2 atom stereocenters. The third-order valence-electron chi connectivity index (χ3n) is 6.00. The molecule has 4 rings (SSSR count). The van der Waals surface area contributed by atoms with Gasteiger partial charge in [-0.25, -0.2) is 9.97 Å². The maximum Gasteiger partial charge on any atom is 0.225 e. The first kappa shape index (κ1) is 21.4. The average Bonchev–Trinajstić information content (AvgIpc) is 3.31. The predicted molar refractivity (Wildman–Crippen MR) is 125 cm³/mol. The minimum atomic E-state index is -0.293. The molecule has 31 heavy (non-hydrogen) atoms. The van der Waals surface area contributed by atoms with E-state index in [0.717, 1.165) is 62.4 Å². The van der Waals surface area contributed by atoms with E-state index in [1.165, 1.54) is 6.21 Å². The van der Waals surface area contributed by atoms with Crippen LogP contribution in [0.25, 0.3) is 11.3 Å². The van der Waals surface area contributed by atoms with Crippen LogP contribution in [0.3, 0.4) is 0 Å². The van der Waals surface area contributed by atoms with Crippen molar-refractivity contribution in [3.63, 3.8) is 0 Å². The Hall–Kier alpha value is -2.84. The lowest BCUT2D eigenvalue weighted by atomic mass is 9.97. The maximum atomic E-state index is 8.01. The van der Waals surface area contributed by atoms with Gasteiger partial charge in [-0.15, -0.1) is 0 Å². The van der Waals surface area contributed by atoms with E-state index >= 15 is 0 Å². The summed E-state index contributed by atoms with van der Waals surface area (Å²) in [6, 6.07) is 7.91. The largest absolute Gasteiger partial charge is 0.399 e. The average molecular weight is 422 g/mol. The molecule has 1 aromatic carbocycles. The molecule has 164 valence electrons. The fourth-order valence-electron chi connectivity index (χ4n) is 4.01. The maximum absolute atomic E-state index is 8.01. The van der Waals surface area contributed by atoms with Crippen LogP contribution in [-0.4, -0.2) is 61.3 Å². The van der Waals surface area contributed by atoms with Crippen LogP contribution in [0.1, 0.15) is 30.7 Å². The summed E-state index contributed by atoms with van der Waals surface area (Å²) in [5.41, 5.74) is 15.3. The molecule has 8 nitrogen and oxygen atoms in total. The van der Waals surface area contributed by atoms with Gasteiger partial charge in [-0.3, -0.25) is 4.99 Å². The van der Waals surface area contributed by atoms with Crippen LogP contribution in [0.5, 0.6) is 0 Å². The number of aliphatic imine (C=N–C) groups is 1. The molecule has 0 amide bonds. The van der Waals surface area contributed by atoms with Gasteiger partial charge in [0, 0.05) is 73.6 Å². The zero-order valence-electron chi connectivity index (χ0n) is 17.8. The number of nitrogen functional groups attached to an aromatic ring is 1. The number of nitrogens with two attached hydrogens (primary N) is 2. The van der Waals surface area contributed by atoms with Crippen molar-refractivity contribution in [2.45, 2.75) is 31.2 Å². The van der Waals surface area contributed by atoms with Crippen LogP contribution in [0.15, 0.2) is 35.5 Å². The molecule has 2 fully saturated rings. The molecule has 5 N–H and O–H groups in total. The fourth-order valence-corrected chi connectivity index (χ4v) is 4.01. The lowest BCUT2D eigenvalue weighted by Crippen LogP contribution is -2.40. The molecular weight excluding hydrogens is 390 g/mol. The van der Waals surface area contributed by atoms with Gasteiger partial charge < -0.3 is 26.5 Å². The number of ether oxygens (including phenoxy) is 1. The van der Waals surface area contributed by atoms with E-state index in [9.17, 15) is 0 Å². The highest BCUT2D eigenvalue weighted by molar-refractivity contribution is 5.91. The number of hydrogen-bond acceptors (Lipinski definition) is 8. The molecule has 8 heteroatoms. The standard InChI is InChI=1S/C23H31N7O/c24-11-18(13-27-12-16-7-10-31-15-16)21-14-28-23(30-8-5-20(26)6-9-30)29-22(21)17-1-3-19(25)4-2-17/h1-4,11,13-14,16,18,20,24H,5-10,12,15,25-26H2. The van der Waals surface area contributed by atoms with Gasteiger partial charge in [-0.2, -0.15) is 0 Å². The van der Waals surface area contributed by atoms with Crippen molar-refractivity contribution >= 4 is 24.1 Å². The normalized spacial score (nSPS) is 20.9. The molecule has 2 saturated heterocycles. The van der Waals surface area contributed by atoms with Crippen molar-refractivity contribution in [1.82, 2.24) is 9.97 Å². The van der Waals surface area contributed by atoms with E-state index in [4.69, 9.17) is 26.6 Å². The smallest absolute Gasteiger partial charge is 0.225 e. The van der Waals surface area contributed by atoms with Gasteiger partial charge in [0.25, 0.3) is 0 Å². The summed E-state index contributed by atoms with van der Waals surface area (Å²) < 4.78 is 5.43. The molecule has 0 radical (unpaired) electrons. The Morgan fingerprint density at radius 2 is 2.00 bits per heavy atom. The van der Waals surface area contributed by atoms with Gasteiger partial charge in [0.15, 0.2) is 0 Å². The number of rotatable bonds is 7. The first-order valence-corrected chi connectivity index (χ1v) is 11.0. The summed E-state index contributed by atoms with van der Waals surface area (Å²) in [6.07, 6.45) is 7.98. The zero-order valence-corrected chi connectivity index (χ0v) is 17.8. The summed E-state index contributed by atoms with van der Waals surface area (Å²) in [7, 11) is 0. The van der Waals surface area contributed by atoms with Gasteiger partial charge in [-0.05, 0) is 31.4 Å². The van der Waals surface area contributed by atoms with Crippen LogP contribution < -0.4 is 16.4 Å². The van der Waals surface area contributed by atoms with Crippen molar-refractivity contribution in [2.75, 3.05) is 43.5 Å². The highest BCUT2D eigenvalue weighted by Crippen LogP contribution is 2.29. The van der Waals surface area contributed by atoms with Crippen LogP contribution in [0, 0.1) is 11.3 Å². The fraction of sp³-hybridized carbons (Fsp3) is 0.478. The minimum Gasteiger partial charge on any atom is -0.399 e. The summed E-state index contributed by atoms with van der Waals surface area (Å²) in [6.45, 7) is 3.99.